The standard InChI is InChI=1S/C21H21N5O5S/c1-15(27)25-8-10-26(11-9-25)32(29,30)19-7-3-4-16(13-19)20(28)23-18-6-2-5-17(12-18)21-24-22-14-31-21/h2-7,12-14H,8-11H2,1H3,(H,23,28). The first-order valence-electron chi connectivity index (χ1n) is 9.88. The summed E-state index contributed by atoms with van der Waals surface area (Å²) in [5.41, 5.74) is 1.34. The van der Waals surface area contributed by atoms with Crippen molar-refractivity contribution >= 4 is 27.5 Å². The van der Waals surface area contributed by atoms with Crippen LogP contribution >= 0.6 is 0 Å². The molecule has 2 amide bonds. The predicted octanol–water partition coefficient (Wildman–Crippen LogP) is 1.84. The molecule has 0 spiro atoms. The van der Waals surface area contributed by atoms with Gasteiger partial charge in [0.25, 0.3) is 5.91 Å². The number of nitrogens with one attached hydrogen (secondary N) is 1. The lowest BCUT2D eigenvalue weighted by atomic mass is 10.1. The number of aromatic nitrogens is 2. The van der Waals surface area contributed by atoms with Crippen LogP contribution in [0.5, 0.6) is 0 Å². The van der Waals surface area contributed by atoms with E-state index in [1.165, 1.54) is 35.8 Å². The second kappa shape index (κ2) is 8.89. The Morgan fingerprint density at radius 1 is 1.03 bits per heavy atom. The lowest BCUT2D eigenvalue weighted by Crippen LogP contribution is -2.49. The Balaban J connectivity index is 1.50. The molecule has 2 heterocycles. The summed E-state index contributed by atoms with van der Waals surface area (Å²) in [5.74, 6) is -0.214. The van der Waals surface area contributed by atoms with Gasteiger partial charge in [-0.05, 0) is 36.4 Å². The highest BCUT2D eigenvalue weighted by molar-refractivity contribution is 7.89. The van der Waals surface area contributed by atoms with Crippen LogP contribution in [-0.2, 0) is 14.8 Å². The van der Waals surface area contributed by atoms with Gasteiger partial charge in [0, 0.05) is 49.9 Å². The van der Waals surface area contributed by atoms with E-state index in [4.69, 9.17) is 4.42 Å². The van der Waals surface area contributed by atoms with Crippen LogP contribution in [0.1, 0.15) is 17.3 Å². The number of sulfonamides is 1. The smallest absolute Gasteiger partial charge is 0.255 e. The van der Waals surface area contributed by atoms with Crippen molar-refractivity contribution in [2.75, 3.05) is 31.5 Å². The van der Waals surface area contributed by atoms with Crippen LogP contribution in [0.15, 0.2) is 64.2 Å². The van der Waals surface area contributed by atoms with E-state index < -0.39 is 15.9 Å². The van der Waals surface area contributed by atoms with Gasteiger partial charge in [-0.25, -0.2) is 8.42 Å². The fourth-order valence-electron chi connectivity index (χ4n) is 3.42. The van der Waals surface area contributed by atoms with Gasteiger partial charge in [-0.1, -0.05) is 12.1 Å². The van der Waals surface area contributed by atoms with E-state index in [1.54, 1.807) is 35.2 Å². The summed E-state index contributed by atoms with van der Waals surface area (Å²) < 4.78 is 32.6. The maximum Gasteiger partial charge on any atom is 0.255 e. The number of hydrogen-bond acceptors (Lipinski definition) is 7. The molecule has 0 atom stereocenters. The molecular formula is C21H21N5O5S. The number of benzene rings is 2. The monoisotopic (exact) mass is 455 g/mol. The van der Waals surface area contributed by atoms with Crippen LogP contribution in [0.2, 0.25) is 0 Å². The zero-order valence-electron chi connectivity index (χ0n) is 17.3. The number of anilines is 1. The quantitative estimate of drug-likeness (QED) is 0.622. The van der Waals surface area contributed by atoms with Crippen molar-refractivity contribution in [3.05, 3.63) is 60.5 Å². The Morgan fingerprint density at radius 3 is 2.47 bits per heavy atom. The van der Waals surface area contributed by atoms with Crippen molar-refractivity contribution in [1.82, 2.24) is 19.4 Å². The molecule has 1 fully saturated rings. The molecule has 11 heteroatoms. The lowest BCUT2D eigenvalue weighted by Gasteiger charge is -2.33. The predicted molar refractivity (Wildman–Crippen MR) is 115 cm³/mol. The molecule has 0 saturated carbocycles. The molecule has 1 aliphatic rings. The van der Waals surface area contributed by atoms with Gasteiger partial charge in [-0.3, -0.25) is 9.59 Å². The van der Waals surface area contributed by atoms with E-state index in [0.29, 0.717) is 30.2 Å². The third-order valence-corrected chi connectivity index (χ3v) is 7.04. The first kappa shape index (κ1) is 21.7. The number of amides is 2. The maximum atomic E-state index is 13.0. The van der Waals surface area contributed by atoms with Crippen molar-refractivity contribution in [3.63, 3.8) is 0 Å². The number of carbonyl (C=O) groups excluding carboxylic acids is 2. The topological polar surface area (TPSA) is 126 Å². The van der Waals surface area contributed by atoms with Gasteiger partial charge < -0.3 is 14.6 Å². The number of nitrogens with zero attached hydrogens (tertiary/aromatic N) is 4. The zero-order valence-corrected chi connectivity index (χ0v) is 18.1. The summed E-state index contributed by atoms with van der Waals surface area (Å²) in [6.07, 6.45) is 1.21. The van der Waals surface area contributed by atoms with Crippen molar-refractivity contribution in [1.29, 1.82) is 0 Å². The van der Waals surface area contributed by atoms with E-state index in [0.717, 1.165) is 0 Å². The summed E-state index contributed by atoms with van der Waals surface area (Å²) in [4.78, 5) is 25.9. The molecule has 2 aromatic carbocycles. The third kappa shape index (κ3) is 4.53. The Labute approximate surface area is 184 Å². The summed E-state index contributed by atoms with van der Waals surface area (Å²) in [6, 6.07) is 12.8. The van der Waals surface area contributed by atoms with Gasteiger partial charge in [0.15, 0.2) is 0 Å². The third-order valence-electron chi connectivity index (χ3n) is 5.15. The minimum absolute atomic E-state index is 0.0287. The van der Waals surface area contributed by atoms with Gasteiger partial charge in [-0.15, -0.1) is 10.2 Å². The highest BCUT2D eigenvalue weighted by atomic mass is 32.2. The number of hydrogen-bond donors (Lipinski definition) is 1. The van der Waals surface area contributed by atoms with E-state index in [9.17, 15) is 18.0 Å². The SMILES string of the molecule is CC(=O)N1CCN(S(=O)(=O)c2cccc(C(=O)Nc3cccc(-c4nnco4)c3)c2)CC1. The molecule has 32 heavy (non-hydrogen) atoms. The van der Waals surface area contributed by atoms with Gasteiger partial charge in [-0.2, -0.15) is 4.31 Å². The average molecular weight is 455 g/mol. The van der Waals surface area contributed by atoms with Crippen molar-refractivity contribution in [2.45, 2.75) is 11.8 Å². The van der Waals surface area contributed by atoms with E-state index >= 15 is 0 Å². The molecule has 3 aromatic rings. The summed E-state index contributed by atoms with van der Waals surface area (Å²) >= 11 is 0. The summed E-state index contributed by atoms with van der Waals surface area (Å²) in [7, 11) is -3.79. The van der Waals surface area contributed by atoms with Crippen LogP contribution in [0.3, 0.4) is 0 Å². The normalized spacial score (nSPS) is 14.8. The maximum absolute atomic E-state index is 13.0. The molecule has 1 aromatic heterocycles. The first-order valence-corrected chi connectivity index (χ1v) is 11.3. The van der Waals surface area contributed by atoms with E-state index in [-0.39, 0.29) is 29.5 Å². The molecule has 1 N–H and O–H groups in total. The highest BCUT2D eigenvalue weighted by Crippen LogP contribution is 2.22. The Kier molecular flexibility index (Phi) is 6.01. The van der Waals surface area contributed by atoms with Gasteiger partial charge >= 0.3 is 0 Å². The summed E-state index contributed by atoms with van der Waals surface area (Å²) in [5, 5.41) is 10.2. The highest BCUT2D eigenvalue weighted by Gasteiger charge is 2.29. The second-order valence-corrected chi connectivity index (χ2v) is 9.15. The van der Waals surface area contributed by atoms with Crippen molar-refractivity contribution < 1.29 is 22.4 Å². The van der Waals surface area contributed by atoms with Gasteiger partial charge in [0.1, 0.15) is 0 Å². The second-order valence-electron chi connectivity index (χ2n) is 7.22. The minimum Gasteiger partial charge on any atom is -0.423 e. The first-order chi connectivity index (χ1) is 15.3. The molecule has 4 rings (SSSR count). The average Bonchev–Trinajstić information content (AvgIpc) is 3.34. The Hall–Kier alpha value is -3.57. The molecule has 0 bridgehead atoms. The van der Waals surface area contributed by atoms with Crippen LogP contribution in [0.4, 0.5) is 5.69 Å². The number of rotatable bonds is 5. The van der Waals surface area contributed by atoms with Crippen LogP contribution in [0, 0.1) is 0 Å². The fourth-order valence-corrected chi connectivity index (χ4v) is 4.89. The van der Waals surface area contributed by atoms with E-state index in [1.807, 2.05) is 0 Å². The molecule has 10 nitrogen and oxygen atoms in total. The molecule has 1 aliphatic heterocycles. The Morgan fingerprint density at radius 2 is 1.78 bits per heavy atom. The van der Waals surface area contributed by atoms with E-state index in [2.05, 4.69) is 15.5 Å². The van der Waals surface area contributed by atoms with Crippen LogP contribution in [-0.4, -0.2) is 65.8 Å². The molecule has 166 valence electrons. The number of piperazine rings is 1. The number of carbonyl (C=O) groups is 2. The molecular weight excluding hydrogens is 434 g/mol. The van der Waals surface area contributed by atoms with Crippen molar-refractivity contribution in [2.24, 2.45) is 0 Å². The molecule has 0 aliphatic carbocycles. The van der Waals surface area contributed by atoms with Crippen molar-refractivity contribution in [3.8, 4) is 11.5 Å². The minimum atomic E-state index is -3.79. The van der Waals surface area contributed by atoms with Crippen LogP contribution in [0.25, 0.3) is 11.5 Å². The molecule has 0 radical (unpaired) electrons. The summed E-state index contributed by atoms with van der Waals surface area (Å²) in [6.45, 7) is 2.56. The zero-order chi connectivity index (χ0) is 22.7. The molecule has 1 saturated heterocycles. The fraction of sp³-hybridized carbons (Fsp3) is 0.238. The largest absolute Gasteiger partial charge is 0.423 e. The van der Waals surface area contributed by atoms with Crippen LogP contribution < -0.4 is 5.32 Å². The Bertz CT molecular complexity index is 1230. The van der Waals surface area contributed by atoms with Gasteiger partial charge in [0.2, 0.25) is 28.2 Å². The molecule has 0 unspecified atom stereocenters. The lowest BCUT2D eigenvalue weighted by molar-refractivity contribution is -0.129. The van der Waals surface area contributed by atoms with Gasteiger partial charge in [0.05, 0.1) is 4.90 Å².